The molecular weight excluding hydrogens is 368 g/mol. The Balaban J connectivity index is 1.74. The molecule has 7 nitrogen and oxygen atoms in total. The molecule has 2 atom stereocenters. The predicted octanol–water partition coefficient (Wildman–Crippen LogP) is 2.71. The number of carbonyl (C=O) groups is 2. The van der Waals surface area contributed by atoms with Gasteiger partial charge >= 0.3 is 6.09 Å². The SMILES string of the molecule is N#Cc1cccc(-c2ccnc(C(=O)N[C@@H]3C[C@@H](CCl)N(C(=O)O)C3)c2)c1. The largest absolute Gasteiger partial charge is 0.465 e. The molecule has 1 aromatic heterocycles. The zero-order valence-electron chi connectivity index (χ0n) is 14.3. The van der Waals surface area contributed by atoms with Crippen molar-refractivity contribution in [2.45, 2.75) is 18.5 Å². The maximum absolute atomic E-state index is 12.6. The van der Waals surface area contributed by atoms with Crippen molar-refractivity contribution in [3.05, 3.63) is 53.9 Å². The van der Waals surface area contributed by atoms with E-state index in [4.69, 9.17) is 16.9 Å². The number of amides is 2. The third-order valence-corrected chi connectivity index (χ3v) is 4.85. The third kappa shape index (κ3) is 4.18. The lowest BCUT2D eigenvalue weighted by Gasteiger charge is -2.18. The van der Waals surface area contributed by atoms with Crippen molar-refractivity contribution in [1.82, 2.24) is 15.2 Å². The number of halogens is 1. The Bertz CT molecular complexity index is 912. The first-order valence-electron chi connectivity index (χ1n) is 8.34. The summed E-state index contributed by atoms with van der Waals surface area (Å²) in [4.78, 5) is 29.2. The predicted molar refractivity (Wildman–Crippen MR) is 99.5 cm³/mol. The maximum atomic E-state index is 12.6. The number of aromatic nitrogens is 1. The van der Waals surface area contributed by atoms with Gasteiger partial charge in [-0.1, -0.05) is 12.1 Å². The highest BCUT2D eigenvalue weighted by Crippen LogP contribution is 2.22. The number of rotatable bonds is 4. The molecular formula is C19H17ClN4O3. The van der Waals surface area contributed by atoms with Gasteiger partial charge in [0.2, 0.25) is 0 Å². The van der Waals surface area contributed by atoms with Gasteiger partial charge < -0.3 is 15.3 Å². The van der Waals surface area contributed by atoms with Crippen LogP contribution in [0.4, 0.5) is 4.79 Å². The molecule has 8 heteroatoms. The van der Waals surface area contributed by atoms with E-state index in [1.165, 1.54) is 11.1 Å². The highest BCUT2D eigenvalue weighted by molar-refractivity contribution is 6.18. The average Bonchev–Trinajstić information content (AvgIpc) is 3.11. The van der Waals surface area contributed by atoms with Gasteiger partial charge in [-0.2, -0.15) is 5.26 Å². The minimum Gasteiger partial charge on any atom is -0.465 e. The Labute approximate surface area is 161 Å². The number of likely N-dealkylation sites (tertiary alicyclic amines) is 1. The summed E-state index contributed by atoms with van der Waals surface area (Å²) in [5.41, 5.74) is 2.34. The molecule has 1 fully saturated rings. The lowest BCUT2D eigenvalue weighted by molar-refractivity contribution is 0.0930. The average molecular weight is 385 g/mol. The molecule has 1 aliphatic heterocycles. The number of alkyl halides is 1. The molecule has 138 valence electrons. The molecule has 0 saturated carbocycles. The van der Waals surface area contributed by atoms with Crippen molar-refractivity contribution >= 4 is 23.6 Å². The second kappa shape index (κ2) is 8.06. The van der Waals surface area contributed by atoms with Crippen LogP contribution in [0.3, 0.4) is 0 Å². The van der Waals surface area contributed by atoms with Crippen molar-refractivity contribution in [3.8, 4) is 17.2 Å². The van der Waals surface area contributed by atoms with Gasteiger partial charge in [0.25, 0.3) is 5.91 Å². The number of nitrogens with zero attached hydrogens (tertiary/aromatic N) is 3. The van der Waals surface area contributed by atoms with Crippen LogP contribution in [0.2, 0.25) is 0 Å². The molecule has 3 rings (SSSR count). The van der Waals surface area contributed by atoms with Gasteiger partial charge in [0, 0.05) is 24.7 Å². The summed E-state index contributed by atoms with van der Waals surface area (Å²) < 4.78 is 0. The Hall–Kier alpha value is -3.11. The summed E-state index contributed by atoms with van der Waals surface area (Å²) in [5.74, 6) is -0.194. The number of benzene rings is 1. The first kappa shape index (κ1) is 18.7. The number of carbonyl (C=O) groups excluding carboxylic acids is 1. The molecule has 0 unspecified atom stereocenters. The summed E-state index contributed by atoms with van der Waals surface area (Å²) >= 11 is 5.83. The molecule has 1 aromatic carbocycles. The fraction of sp³-hybridized carbons (Fsp3) is 0.263. The van der Waals surface area contributed by atoms with E-state index in [0.717, 1.165) is 11.1 Å². The van der Waals surface area contributed by atoms with E-state index >= 15 is 0 Å². The van der Waals surface area contributed by atoms with Crippen LogP contribution < -0.4 is 5.32 Å². The smallest absolute Gasteiger partial charge is 0.407 e. The van der Waals surface area contributed by atoms with Gasteiger partial charge in [0.15, 0.2) is 0 Å². The van der Waals surface area contributed by atoms with Gasteiger partial charge in [-0.15, -0.1) is 11.6 Å². The van der Waals surface area contributed by atoms with E-state index in [2.05, 4.69) is 16.4 Å². The fourth-order valence-corrected chi connectivity index (χ4v) is 3.46. The van der Waals surface area contributed by atoms with Gasteiger partial charge in [0.05, 0.1) is 17.7 Å². The number of hydrogen-bond acceptors (Lipinski definition) is 4. The van der Waals surface area contributed by atoms with Gasteiger partial charge in [0.1, 0.15) is 5.69 Å². The van der Waals surface area contributed by atoms with Crippen molar-refractivity contribution in [2.75, 3.05) is 12.4 Å². The van der Waals surface area contributed by atoms with Crippen molar-refractivity contribution in [1.29, 1.82) is 5.26 Å². The second-order valence-electron chi connectivity index (χ2n) is 6.27. The Morgan fingerprint density at radius 2 is 2.11 bits per heavy atom. The first-order chi connectivity index (χ1) is 13.0. The maximum Gasteiger partial charge on any atom is 0.407 e. The van der Waals surface area contributed by atoms with Crippen molar-refractivity contribution in [3.63, 3.8) is 0 Å². The van der Waals surface area contributed by atoms with E-state index < -0.39 is 6.09 Å². The van der Waals surface area contributed by atoms with Gasteiger partial charge in [-0.05, 0) is 41.8 Å². The van der Waals surface area contributed by atoms with E-state index in [1.807, 2.05) is 6.07 Å². The second-order valence-corrected chi connectivity index (χ2v) is 6.58. The molecule has 0 radical (unpaired) electrons. The summed E-state index contributed by atoms with van der Waals surface area (Å²) in [6, 6.07) is 11.9. The standard InChI is InChI=1S/C19H17ClN4O3/c20-9-16-8-15(11-24(16)19(26)27)23-18(25)17-7-14(4-5-22-17)13-3-1-2-12(6-13)10-21/h1-7,15-16H,8-9,11H2,(H,23,25)(H,26,27)/t15-,16+/m1/s1. The molecule has 0 bridgehead atoms. The number of pyridine rings is 1. The number of carboxylic acid groups (broad SMARTS) is 1. The van der Waals surface area contributed by atoms with Crippen molar-refractivity contribution in [2.24, 2.45) is 0 Å². The van der Waals surface area contributed by atoms with Gasteiger partial charge in [-0.25, -0.2) is 4.79 Å². The molecule has 0 aliphatic carbocycles. The van der Waals surface area contributed by atoms with Gasteiger partial charge in [-0.3, -0.25) is 9.78 Å². The van der Waals surface area contributed by atoms with E-state index in [-0.39, 0.29) is 36.1 Å². The Morgan fingerprint density at radius 1 is 1.33 bits per heavy atom. The Kier molecular flexibility index (Phi) is 5.57. The molecule has 2 N–H and O–H groups in total. The lowest BCUT2D eigenvalue weighted by Crippen LogP contribution is -2.39. The summed E-state index contributed by atoms with van der Waals surface area (Å²) in [6.45, 7) is 0.197. The monoisotopic (exact) mass is 384 g/mol. The molecule has 1 saturated heterocycles. The number of hydrogen-bond donors (Lipinski definition) is 2. The highest BCUT2D eigenvalue weighted by Gasteiger charge is 2.35. The van der Waals surface area contributed by atoms with Crippen LogP contribution in [0.15, 0.2) is 42.6 Å². The first-order valence-corrected chi connectivity index (χ1v) is 8.88. The van der Waals surface area contributed by atoms with Crippen LogP contribution in [0.1, 0.15) is 22.5 Å². The van der Waals surface area contributed by atoms with Crippen LogP contribution in [-0.4, -0.2) is 51.5 Å². The molecule has 2 heterocycles. The van der Waals surface area contributed by atoms with Crippen LogP contribution >= 0.6 is 11.6 Å². The van der Waals surface area contributed by atoms with E-state index in [9.17, 15) is 14.7 Å². The molecule has 27 heavy (non-hydrogen) atoms. The highest BCUT2D eigenvalue weighted by atomic mass is 35.5. The summed E-state index contributed by atoms with van der Waals surface area (Å²) in [5, 5.41) is 21.1. The van der Waals surface area contributed by atoms with Crippen molar-refractivity contribution < 1.29 is 14.7 Å². The van der Waals surface area contributed by atoms with Crippen LogP contribution in [0.5, 0.6) is 0 Å². The van der Waals surface area contributed by atoms with Crippen LogP contribution in [-0.2, 0) is 0 Å². The fourth-order valence-electron chi connectivity index (χ4n) is 3.16. The Morgan fingerprint density at radius 3 is 2.78 bits per heavy atom. The zero-order chi connectivity index (χ0) is 19.4. The topological polar surface area (TPSA) is 106 Å². The third-order valence-electron chi connectivity index (χ3n) is 4.49. The number of nitrogens with one attached hydrogen (secondary N) is 1. The lowest BCUT2D eigenvalue weighted by atomic mass is 10.0. The minimum atomic E-state index is -1.05. The normalized spacial score (nSPS) is 18.7. The van der Waals surface area contributed by atoms with E-state index in [1.54, 1.807) is 30.3 Å². The number of nitriles is 1. The molecule has 2 aromatic rings. The van der Waals surface area contributed by atoms with Crippen LogP contribution in [0, 0.1) is 11.3 Å². The summed E-state index contributed by atoms with van der Waals surface area (Å²) in [7, 11) is 0. The minimum absolute atomic E-state index is 0.182. The molecule has 1 aliphatic rings. The zero-order valence-corrected chi connectivity index (χ0v) is 15.1. The molecule has 2 amide bonds. The van der Waals surface area contributed by atoms with E-state index in [0.29, 0.717) is 12.0 Å². The van der Waals surface area contributed by atoms with Crippen LogP contribution in [0.25, 0.3) is 11.1 Å². The summed E-state index contributed by atoms with van der Waals surface area (Å²) in [6.07, 6.45) is 0.948. The quantitative estimate of drug-likeness (QED) is 0.788. The molecule has 0 spiro atoms.